The molecule has 0 unspecified atom stereocenters. The number of benzene rings is 1. The zero-order chi connectivity index (χ0) is 27.0. The van der Waals surface area contributed by atoms with Crippen molar-refractivity contribution in [2.45, 2.75) is 26.7 Å². The highest BCUT2D eigenvalue weighted by Gasteiger charge is 2.37. The van der Waals surface area contributed by atoms with E-state index in [1.165, 1.54) is 0 Å². The summed E-state index contributed by atoms with van der Waals surface area (Å²) in [5.41, 5.74) is 3.67. The monoisotopic (exact) mass is 539 g/mol. The number of amides is 3. The molecule has 3 saturated heterocycles. The van der Waals surface area contributed by atoms with Crippen LogP contribution in [0.3, 0.4) is 0 Å². The lowest BCUT2D eigenvalue weighted by molar-refractivity contribution is -0.384. The second-order valence-corrected chi connectivity index (χ2v) is 10.5. The normalized spacial score (nSPS) is 19.2. The highest BCUT2D eigenvalue weighted by Crippen LogP contribution is 2.36. The van der Waals surface area contributed by atoms with Gasteiger partial charge in [0.15, 0.2) is 0 Å². The van der Waals surface area contributed by atoms with E-state index in [0.29, 0.717) is 37.7 Å². The van der Waals surface area contributed by atoms with Gasteiger partial charge in [0, 0.05) is 43.6 Å². The molecule has 0 saturated carbocycles. The summed E-state index contributed by atoms with van der Waals surface area (Å²) in [5.74, 6) is -0.786. The number of morpholine rings is 1. The molecule has 38 heavy (non-hydrogen) atoms. The summed E-state index contributed by atoms with van der Waals surface area (Å²) in [6, 6.07) is 7.13. The third-order valence-corrected chi connectivity index (χ3v) is 8.06. The Morgan fingerprint density at radius 1 is 1.11 bits per heavy atom. The summed E-state index contributed by atoms with van der Waals surface area (Å²) >= 11 is 0.806. The first-order chi connectivity index (χ1) is 18.2. The lowest BCUT2D eigenvalue weighted by atomic mass is 10.2. The van der Waals surface area contributed by atoms with Crippen molar-refractivity contribution in [3.63, 3.8) is 0 Å². The number of anilines is 1. The molecule has 3 aliphatic heterocycles. The first-order valence-electron chi connectivity index (χ1n) is 12.6. The highest BCUT2D eigenvalue weighted by molar-refractivity contribution is 8.18. The highest BCUT2D eigenvalue weighted by atomic mass is 32.2. The predicted molar refractivity (Wildman–Crippen MR) is 143 cm³/mol. The third-order valence-electron chi connectivity index (χ3n) is 7.15. The van der Waals surface area contributed by atoms with Crippen LogP contribution in [0.5, 0.6) is 0 Å². The number of hydrogen-bond donors (Lipinski definition) is 0. The quantitative estimate of drug-likeness (QED) is 0.311. The minimum atomic E-state index is -0.503. The Morgan fingerprint density at radius 2 is 1.82 bits per heavy atom. The lowest BCUT2D eigenvalue weighted by Crippen LogP contribution is -2.46. The number of aryl methyl sites for hydroxylation is 1. The Morgan fingerprint density at radius 3 is 2.50 bits per heavy atom. The Hall–Kier alpha value is -3.64. The van der Waals surface area contributed by atoms with Crippen LogP contribution < -0.4 is 4.90 Å². The molecule has 4 heterocycles. The summed E-state index contributed by atoms with van der Waals surface area (Å²) in [7, 11) is 0. The second-order valence-electron chi connectivity index (χ2n) is 9.55. The van der Waals surface area contributed by atoms with Gasteiger partial charge in [0.25, 0.3) is 16.8 Å². The summed E-state index contributed by atoms with van der Waals surface area (Å²) < 4.78 is 7.16. The van der Waals surface area contributed by atoms with Gasteiger partial charge in [-0.05, 0) is 68.3 Å². The fourth-order valence-corrected chi connectivity index (χ4v) is 6.01. The van der Waals surface area contributed by atoms with Gasteiger partial charge in [-0.1, -0.05) is 0 Å². The van der Waals surface area contributed by atoms with Crippen molar-refractivity contribution in [2.75, 3.05) is 50.8 Å². The van der Waals surface area contributed by atoms with Crippen molar-refractivity contribution in [1.29, 1.82) is 0 Å². The number of rotatable bonds is 6. The molecule has 200 valence electrons. The molecule has 0 radical (unpaired) electrons. The molecule has 1 aromatic carbocycles. The molecule has 0 N–H and O–H groups in total. The average molecular weight is 540 g/mol. The number of aromatic nitrogens is 1. The average Bonchev–Trinajstić information content (AvgIpc) is 3.60. The summed E-state index contributed by atoms with van der Waals surface area (Å²) in [4.78, 5) is 54.6. The minimum absolute atomic E-state index is 0.0597. The first-order valence-corrected chi connectivity index (χ1v) is 13.4. The molecule has 11 nitrogen and oxygen atoms in total. The molecule has 0 atom stereocenters. The van der Waals surface area contributed by atoms with Crippen LogP contribution >= 0.6 is 11.8 Å². The van der Waals surface area contributed by atoms with Gasteiger partial charge in [0.05, 0.1) is 28.7 Å². The van der Waals surface area contributed by atoms with Crippen LogP contribution in [-0.4, -0.2) is 82.3 Å². The second kappa shape index (κ2) is 10.6. The third kappa shape index (κ3) is 4.93. The molecular formula is C26H29N5O6S. The van der Waals surface area contributed by atoms with E-state index in [1.54, 1.807) is 23.1 Å². The van der Waals surface area contributed by atoms with Crippen molar-refractivity contribution in [3.8, 4) is 5.69 Å². The number of ether oxygens (including phenoxy) is 1. The van der Waals surface area contributed by atoms with E-state index in [2.05, 4.69) is 0 Å². The molecule has 0 bridgehead atoms. The molecule has 2 aromatic rings. The van der Waals surface area contributed by atoms with Gasteiger partial charge in [-0.2, -0.15) is 0 Å². The first kappa shape index (κ1) is 26.0. The van der Waals surface area contributed by atoms with Crippen LogP contribution in [-0.2, 0) is 14.3 Å². The molecule has 3 aliphatic rings. The van der Waals surface area contributed by atoms with E-state index in [1.807, 2.05) is 35.4 Å². The Kier molecular flexibility index (Phi) is 7.26. The topological polar surface area (TPSA) is 118 Å². The zero-order valence-corrected chi connectivity index (χ0v) is 22.2. The molecular weight excluding hydrogens is 510 g/mol. The summed E-state index contributed by atoms with van der Waals surface area (Å²) in [6.07, 6.45) is 3.69. The summed E-state index contributed by atoms with van der Waals surface area (Å²) in [5, 5.41) is 11.4. The molecule has 0 aliphatic carbocycles. The molecule has 1 aromatic heterocycles. The largest absolute Gasteiger partial charge is 0.378 e. The van der Waals surface area contributed by atoms with E-state index >= 15 is 0 Å². The zero-order valence-electron chi connectivity index (χ0n) is 21.3. The number of carbonyl (C=O) groups excluding carboxylic acids is 3. The van der Waals surface area contributed by atoms with Gasteiger partial charge in [0.2, 0.25) is 5.91 Å². The van der Waals surface area contributed by atoms with Crippen LogP contribution in [0.4, 0.5) is 16.2 Å². The van der Waals surface area contributed by atoms with E-state index in [4.69, 9.17) is 4.74 Å². The number of thioether (sulfide) groups is 1. The maximum Gasteiger partial charge on any atom is 0.294 e. The Bertz CT molecular complexity index is 1340. The van der Waals surface area contributed by atoms with E-state index in [9.17, 15) is 24.5 Å². The Labute approximate surface area is 224 Å². The van der Waals surface area contributed by atoms with Crippen LogP contribution in [0.15, 0.2) is 29.2 Å². The van der Waals surface area contributed by atoms with Crippen molar-refractivity contribution in [1.82, 2.24) is 14.4 Å². The Balaban J connectivity index is 1.39. The number of nitro benzene ring substituents is 1. The molecule has 12 heteroatoms. The number of carbonyl (C=O) groups is 3. The van der Waals surface area contributed by atoms with Gasteiger partial charge < -0.3 is 19.1 Å². The van der Waals surface area contributed by atoms with E-state index < -0.39 is 11.1 Å². The van der Waals surface area contributed by atoms with Gasteiger partial charge in [-0.15, -0.1) is 0 Å². The van der Waals surface area contributed by atoms with Crippen LogP contribution in [0, 0.1) is 24.0 Å². The van der Waals surface area contributed by atoms with E-state index in [-0.39, 0.29) is 28.0 Å². The smallest absolute Gasteiger partial charge is 0.294 e. The molecule has 5 rings (SSSR count). The predicted octanol–water partition coefficient (Wildman–Crippen LogP) is 3.50. The SMILES string of the molecule is Cc1cc(/C=C2\SC(=O)N(CC(=O)N3CCOCC3)C2=O)c(C)n1-c1ccc(N2CCCC2)c([N+](=O)[O-])c1. The van der Waals surface area contributed by atoms with Crippen LogP contribution in [0.25, 0.3) is 11.8 Å². The standard InChI is InChI=1S/C26H29N5O6S/c1-17-13-19(14-23-25(33)29(26(34)38-23)16-24(32)28-9-11-37-12-10-28)18(2)30(17)20-5-6-21(22(15-20)31(35)36)27-7-3-4-8-27/h5-6,13-15H,3-4,7-12,16H2,1-2H3/b23-14-. The minimum Gasteiger partial charge on any atom is -0.378 e. The van der Waals surface area contributed by atoms with Crippen molar-refractivity contribution >= 4 is 46.3 Å². The van der Waals surface area contributed by atoms with Crippen LogP contribution in [0.2, 0.25) is 0 Å². The number of nitro groups is 1. The molecule has 3 amide bonds. The van der Waals surface area contributed by atoms with Crippen LogP contribution in [0.1, 0.15) is 29.8 Å². The number of imide groups is 1. The fraction of sp³-hybridized carbons (Fsp3) is 0.423. The number of hydrogen-bond acceptors (Lipinski definition) is 8. The van der Waals surface area contributed by atoms with Gasteiger partial charge in [-0.25, -0.2) is 0 Å². The van der Waals surface area contributed by atoms with Gasteiger partial charge in [-0.3, -0.25) is 29.4 Å². The van der Waals surface area contributed by atoms with Gasteiger partial charge >= 0.3 is 0 Å². The maximum absolute atomic E-state index is 13.0. The van der Waals surface area contributed by atoms with Crippen molar-refractivity contribution < 1.29 is 24.0 Å². The number of nitrogens with zero attached hydrogens (tertiary/aromatic N) is 5. The fourth-order valence-electron chi connectivity index (χ4n) is 5.18. The maximum atomic E-state index is 13.0. The molecule has 0 spiro atoms. The van der Waals surface area contributed by atoms with Crippen molar-refractivity contribution in [3.05, 3.63) is 56.2 Å². The van der Waals surface area contributed by atoms with E-state index in [0.717, 1.165) is 59.5 Å². The molecule has 3 fully saturated rings. The summed E-state index contributed by atoms with van der Waals surface area (Å²) in [6.45, 7) is 6.82. The van der Waals surface area contributed by atoms with Gasteiger partial charge in [0.1, 0.15) is 12.2 Å². The lowest BCUT2D eigenvalue weighted by Gasteiger charge is -2.28. The van der Waals surface area contributed by atoms with Crippen molar-refractivity contribution in [2.24, 2.45) is 0 Å².